The molecule has 2 aromatic heterocycles. The van der Waals surface area contributed by atoms with Crippen LogP contribution in [0.25, 0.3) is 11.3 Å². The zero-order valence-corrected chi connectivity index (χ0v) is 14.6. The van der Waals surface area contributed by atoms with E-state index in [9.17, 15) is 4.79 Å². The van der Waals surface area contributed by atoms with Crippen LogP contribution in [0.2, 0.25) is 0 Å². The maximum Gasteiger partial charge on any atom is 0.244 e. The normalized spacial score (nSPS) is 14.7. The van der Waals surface area contributed by atoms with Gasteiger partial charge < -0.3 is 14.3 Å². The van der Waals surface area contributed by atoms with E-state index < -0.39 is 0 Å². The lowest BCUT2D eigenvalue weighted by atomic mass is 10.1. The van der Waals surface area contributed by atoms with E-state index >= 15 is 0 Å². The van der Waals surface area contributed by atoms with Crippen molar-refractivity contribution in [3.8, 4) is 11.3 Å². The van der Waals surface area contributed by atoms with Gasteiger partial charge in [0.05, 0.1) is 12.1 Å². The summed E-state index contributed by atoms with van der Waals surface area (Å²) in [5.41, 5.74) is 1.61. The van der Waals surface area contributed by atoms with Crippen LogP contribution in [0.4, 0.5) is 5.95 Å². The topological polar surface area (TPSA) is 91.2 Å². The molecule has 0 bridgehead atoms. The molecule has 1 amide bonds. The highest BCUT2D eigenvalue weighted by Crippen LogP contribution is 2.20. The second-order valence-corrected chi connectivity index (χ2v) is 6.31. The number of carbonyl (C=O) groups is 1. The summed E-state index contributed by atoms with van der Waals surface area (Å²) in [6, 6.07) is 11.6. The van der Waals surface area contributed by atoms with Crippen molar-refractivity contribution < 1.29 is 9.32 Å². The summed E-state index contributed by atoms with van der Waals surface area (Å²) in [6.45, 7) is 4.61. The quantitative estimate of drug-likeness (QED) is 0.768. The maximum atomic E-state index is 12.5. The fraction of sp³-hybridized carbons (Fsp3) is 0.333. The molecule has 1 aliphatic rings. The predicted molar refractivity (Wildman–Crippen MR) is 95.6 cm³/mol. The lowest BCUT2D eigenvalue weighted by molar-refractivity contribution is -0.130. The van der Waals surface area contributed by atoms with Gasteiger partial charge in [-0.1, -0.05) is 35.5 Å². The number of H-pyrrole nitrogens is 1. The minimum absolute atomic E-state index is 0.0590. The Hall–Kier alpha value is -3.16. The Bertz CT molecular complexity index is 880. The molecule has 0 saturated carbocycles. The number of anilines is 1. The zero-order chi connectivity index (χ0) is 17.9. The van der Waals surface area contributed by atoms with Gasteiger partial charge in [-0.05, 0) is 6.92 Å². The number of amides is 1. The second kappa shape index (κ2) is 6.99. The van der Waals surface area contributed by atoms with Crippen LogP contribution in [0, 0.1) is 6.92 Å². The van der Waals surface area contributed by atoms with E-state index in [0.717, 1.165) is 24.5 Å². The number of benzene rings is 1. The number of hydrogen-bond acceptors (Lipinski definition) is 6. The molecule has 1 aromatic carbocycles. The fourth-order valence-corrected chi connectivity index (χ4v) is 3.03. The summed E-state index contributed by atoms with van der Waals surface area (Å²) in [6.07, 6.45) is 0.246. The molecular formula is C18H20N6O2. The minimum atomic E-state index is 0.0590. The molecule has 26 heavy (non-hydrogen) atoms. The number of aryl methyl sites for hydroxylation is 1. The first kappa shape index (κ1) is 16.3. The third-order valence-corrected chi connectivity index (χ3v) is 4.45. The summed E-state index contributed by atoms with van der Waals surface area (Å²) in [5.74, 6) is 2.22. The van der Waals surface area contributed by atoms with E-state index in [2.05, 4.69) is 25.2 Å². The van der Waals surface area contributed by atoms with Crippen LogP contribution in [0.15, 0.2) is 40.9 Å². The van der Waals surface area contributed by atoms with Gasteiger partial charge in [0.2, 0.25) is 11.9 Å². The summed E-state index contributed by atoms with van der Waals surface area (Å²) >= 11 is 0. The average Bonchev–Trinajstić information content (AvgIpc) is 3.32. The molecule has 0 spiro atoms. The van der Waals surface area contributed by atoms with Crippen LogP contribution in [0.1, 0.15) is 11.5 Å². The Morgan fingerprint density at radius 3 is 2.65 bits per heavy atom. The molecule has 8 heteroatoms. The molecule has 0 aliphatic carbocycles. The highest BCUT2D eigenvalue weighted by molar-refractivity contribution is 5.79. The number of carbonyl (C=O) groups excluding carboxylic acids is 1. The largest absolute Gasteiger partial charge is 0.356 e. The third kappa shape index (κ3) is 3.44. The van der Waals surface area contributed by atoms with Gasteiger partial charge in [-0.2, -0.15) is 4.98 Å². The van der Waals surface area contributed by atoms with Gasteiger partial charge in [0.1, 0.15) is 5.82 Å². The van der Waals surface area contributed by atoms with Crippen LogP contribution in [-0.4, -0.2) is 57.3 Å². The molecule has 1 N–H and O–H groups in total. The molecule has 0 atom stereocenters. The Morgan fingerprint density at radius 2 is 1.96 bits per heavy atom. The van der Waals surface area contributed by atoms with E-state index in [0.29, 0.717) is 30.5 Å². The van der Waals surface area contributed by atoms with E-state index in [-0.39, 0.29) is 12.3 Å². The molecule has 3 heterocycles. The number of aromatic nitrogens is 4. The molecule has 8 nitrogen and oxygen atoms in total. The van der Waals surface area contributed by atoms with Gasteiger partial charge in [0, 0.05) is 37.8 Å². The number of aromatic amines is 1. The van der Waals surface area contributed by atoms with Crippen molar-refractivity contribution in [1.82, 2.24) is 25.2 Å². The van der Waals surface area contributed by atoms with Crippen molar-refractivity contribution >= 4 is 11.9 Å². The maximum absolute atomic E-state index is 12.5. The molecule has 1 aliphatic heterocycles. The molecule has 1 fully saturated rings. The first-order valence-corrected chi connectivity index (χ1v) is 8.62. The van der Waals surface area contributed by atoms with Crippen molar-refractivity contribution in [3.05, 3.63) is 47.9 Å². The van der Waals surface area contributed by atoms with Gasteiger partial charge in [-0.3, -0.25) is 9.89 Å². The van der Waals surface area contributed by atoms with Crippen LogP contribution < -0.4 is 4.90 Å². The van der Waals surface area contributed by atoms with Crippen LogP contribution in [-0.2, 0) is 11.2 Å². The Labute approximate surface area is 150 Å². The molecule has 4 rings (SSSR count). The Kier molecular flexibility index (Phi) is 4.39. The number of hydrogen-bond donors (Lipinski definition) is 1. The molecule has 3 aromatic rings. The van der Waals surface area contributed by atoms with Crippen molar-refractivity contribution in [3.63, 3.8) is 0 Å². The lowest BCUT2D eigenvalue weighted by Gasteiger charge is -2.34. The second-order valence-electron chi connectivity index (χ2n) is 6.31. The molecule has 1 saturated heterocycles. The van der Waals surface area contributed by atoms with E-state index in [1.165, 1.54) is 0 Å². The smallest absolute Gasteiger partial charge is 0.244 e. The Balaban J connectivity index is 1.34. The summed E-state index contributed by atoms with van der Waals surface area (Å²) in [4.78, 5) is 20.8. The molecule has 0 radical (unpaired) electrons. The van der Waals surface area contributed by atoms with E-state index in [1.807, 2.05) is 48.2 Å². The van der Waals surface area contributed by atoms with Gasteiger partial charge in [0.15, 0.2) is 5.76 Å². The average molecular weight is 352 g/mol. The highest BCUT2D eigenvalue weighted by Gasteiger charge is 2.24. The number of piperazine rings is 1. The summed E-state index contributed by atoms with van der Waals surface area (Å²) in [7, 11) is 0. The number of nitrogens with one attached hydrogen (secondary N) is 1. The SMILES string of the molecule is Cc1nc(N2CCN(C(=O)Cc3cc(-c4ccccc4)on3)CC2)n[nH]1. The number of rotatable bonds is 4. The van der Waals surface area contributed by atoms with E-state index in [4.69, 9.17) is 4.52 Å². The summed E-state index contributed by atoms with van der Waals surface area (Å²) < 4.78 is 5.37. The van der Waals surface area contributed by atoms with Crippen molar-refractivity contribution in [2.24, 2.45) is 0 Å². The van der Waals surface area contributed by atoms with E-state index in [1.54, 1.807) is 0 Å². The minimum Gasteiger partial charge on any atom is -0.356 e. The monoisotopic (exact) mass is 352 g/mol. The van der Waals surface area contributed by atoms with Gasteiger partial charge >= 0.3 is 0 Å². The van der Waals surface area contributed by atoms with Crippen LogP contribution in [0.5, 0.6) is 0 Å². The highest BCUT2D eigenvalue weighted by atomic mass is 16.5. The van der Waals surface area contributed by atoms with Crippen LogP contribution >= 0.6 is 0 Å². The summed E-state index contributed by atoms with van der Waals surface area (Å²) in [5, 5.41) is 11.1. The third-order valence-electron chi connectivity index (χ3n) is 4.45. The number of nitrogens with zero attached hydrogens (tertiary/aromatic N) is 5. The molecule has 0 unspecified atom stereocenters. The first-order valence-electron chi connectivity index (χ1n) is 8.62. The van der Waals surface area contributed by atoms with Gasteiger partial charge in [0.25, 0.3) is 0 Å². The fourth-order valence-electron chi connectivity index (χ4n) is 3.03. The van der Waals surface area contributed by atoms with Crippen LogP contribution in [0.3, 0.4) is 0 Å². The van der Waals surface area contributed by atoms with Gasteiger partial charge in [-0.15, -0.1) is 5.10 Å². The zero-order valence-electron chi connectivity index (χ0n) is 14.6. The molecule has 134 valence electrons. The molecular weight excluding hydrogens is 332 g/mol. The Morgan fingerprint density at radius 1 is 1.19 bits per heavy atom. The lowest BCUT2D eigenvalue weighted by Crippen LogP contribution is -2.49. The predicted octanol–water partition coefficient (Wildman–Crippen LogP) is 1.66. The standard InChI is InChI=1S/C18H20N6O2/c1-13-19-18(21-20-13)24-9-7-23(8-10-24)17(25)12-15-11-16(26-22-15)14-5-3-2-4-6-14/h2-6,11H,7-10,12H2,1H3,(H,19,20,21). The van der Waals surface area contributed by atoms with Gasteiger partial charge in [-0.25, -0.2) is 0 Å². The van der Waals surface area contributed by atoms with Crippen molar-refractivity contribution in [1.29, 1.82) is 0 Å². The van der Waals surface area contributed by atoms with Crippen molar-refractivity contribution in [2.45, 2.75) is 13.3 Å². The van der Waals surface area contributed by atoms with Crippen molar-refractivity contribution in [2.75, 3.05) is 31.1 Å². The first-order chi connectivity index (χ1) is 12.7.